The number of rotatable bonds is 6. The van der Waals surface area contributed by atoms with Crippen LogP contribution in [0.3, 0.4) is 0 Å². The Hall–Kier alpha value is -1.69. The van der Waals surface area contributed by atoms with E-state index in [9.17, 15) is 13.6 Å². The third-order valence-corrected chi connectivity index (χ3v) is 3.49. The van der Waals surface area contributed by atoms with Gasteiger partial charge in [-0.2, -0.15) is 0 Å². The molecule has 1 aliphatic rings. The van der Waals surface area contributed by atoms with Crippen molar-refractivity contribution < 1.29 is 13.6 Å². The van der Waals surface area contributed by atoms with Gasteiger partial charge in [0.15, 0.2) is 11.6 Å². The summed E-state index contributed by atoms with van der Waals surface area (Å²) in [6.45, 7) is 4.22. The Morgan fingerprint density at radius 3 is 2.65 bits per heavy atom. The molecule has 0 aromatic heterocycles. The van der Waals surface area contributed by atoms with Gasteiger partial charge in [-0.1, -0.05) is 6.92 Å². The molecule has 1 aromatic rings. The summed E-state index contributed by atoms with van der Waals surface area (Å²) >= 11 is 0. The lowest BCUT2D eigenvalue weighted by Gasteiger charge is -2.19. The zero-order valence-corrected chi connectivity index (χ0v) is 11.5. The standard InChI is InChI=1S/C14H19F2N3O/c1-2-19(9-3-4-9)6-5-18-14(20)10-7-11(15)12(16)8-13(10)17/h7-9H,2-6,17H2,1H3,(H,18,20). The predicted octanol–water partition coefficient (Wildman–Crippen LogP) is 1.76. The lowest BCUT2D eigenvalue weighted by Crippen LogP contribution is -2.36. The minimum Gasteiger partial charge on any atom is -0.398 e. The van der Waals surface area contributed by atoms with E-state index in [-0.39, 0.29) is 11.3 Å². The van der Waals surface area contributed by atoms with E-state index in [4.69, 9.17) is 5.73 Å². The van der Waals surface area contributed by atoms with Crippen LogP contribution in [-0.2, 0) is 0 Å². The van der Waals surface area contributed by atoms with Crippen molar-refractivity contribution in [3.05, 3.63) is 29.3 Å². The maximum absolute atomic E-state index is 13.1. The largest absolute Gasteiger partial charge is 0.398 e. The highest BCUT2D eigenvalue weighted by atomic mass is 19.2. The average molecular weight is 283 g/mol. The molecule has 3 N–H and O–H groups in total. The second-order valence-corrected chi connectivity index (χ2v) is 4.97. The van der Waals surface area contributed by atoms with Gasteiger partial charge in [-0.3, -0.25) is 9.69 Å². The molecule has 110 valence electrons. The van der Waals surface area contributed by atoms with Crippen molar-refractivity contribution in [2.45, 2.75) is 25.8 Å². The number of nitrogen functional groups attached to an aromatic ring is 1. The zero-order chi connectivity index (χ0) is 14.7. The van der Waals surface area contributed by atoms with E-state index in [1.54, 1.807) is 0 Å². The number of hydrogen-bond donors (Lipinski definition) is 2. The molecule has 20 heavy (non-hydrogen) atoms. The summed E-state index contributed by atoms with van der Waals surface area (Å²) in [4.78, 5) is 14.2. The first kappa shape index (κ1) is 14.7. The minimum absolute atomic E-state index is 0.0293. The van der Waals surface area contributed by atoms with Crippen LogP contribution < -0.4 is 11.1 Å². The first-order chi connectivity index (χ1) is 9.52. The first-order valence-corrected chi connectivity index (χ1v) is 6.79. The molecule has 0 saturated heterocycles. The van der Waals surface area contributed by atoms with Gasteiger partial charge < -0.3 is 11.1 Å². The van der Waals surface area contributed by atoms with Crippen molar-refractivity contribution in [3.63, 3.8) is 0 Å². The van der Waals surface area contributed by atoms with Crippen LogP contribution in [0, 0.1) is 11.6 Å². The first-order valence-electron chi connectivity index (χ1n) is 6.79. The van der Waals surface area contributed by atoms with Gasteiger partial charge in [-0.15, -0.1) is 0 Å². The Kier molecular flexibility index (Phi) is 4.54. The molecule has 0 heterocycles. The van der Waals surface area contributed by atoms with E-state index in [0.29, 0.717) is 12.6 Å². The molecule has 0 aliphatic heterocycles. The van der Waals surface area contributed by atoms with Crippen LogP contribution >= 0.6 is 0 Å². The van der Waals surface area contributed by atoms with E-state index in [1.807, 2.05) is 0 Å². The number of nitrogens with two attached hydrogens (primary N) is 1. The van der Waals surface area contributed by atoms with Gasteiger partial charge >= 0.3 is 0 Å². The lowest BCUT2D eigenvalue weighted by molar-refractivity contribution is 0.0948. The molecule has 0 bridgehead atoms. The van der Waals surface area contributed by atoms with Crippen LogP contribution in [0.15, 0.2) is 12.1 Å². The second kappa shape index (κ2) is 6.17. The van der Waals surface area contributed by atoms with Crippen LogP contribution in [-0.4, -0.2) is 36.5 Å². The predicted molar refractivity (Wildman–Crippen MR) is 73.4 cm³/mol. The minimum atomic E-state index is -1.07. The molecule has 2 rings (SSSR count). The Morgan fingerprint density at radius 1 is 1.40 bits per heavy atom. The highest BCUT2D eigenvalue weighted by Gasteiger charge is 2.27. The molecule has 0 spiro atoms. The van der Waals surface area contributed by atoms with Gasteiger partial charge in [0.1, 0.15) is 0 Å². The fourth-order valence-corrected chi connectivity index (χ4v) is 2.21. The summed E-state index contributed by atoms with van der Waals surface area (Å²) in [6, 6.07) is 2.29. The number of nitrogens with one attached hydrogen (secondary N) is 1. The second-order valence-electron chi connectivity index (χ2n) is 4.97. The zero-order valence-electron chi connectivity index (χ0n) is 11.5. The van der Waals surface area contributed by atoms with E-state index >= 15 is 0 Å². The number of likely N-dealkylation sites (N-methyl/N-ethyl adjacent to an activating group) is 1. The summed E-state index contributed by atoms with van der Waals surface area (Å²) in [6.07, 6.45) is 2.41. The summed E-state index contributed by atoms with van der Waals surface area (Å²) in [7, 11) is 0. The van der Waals surface area contributed by atoms with Crippen molar-refractivity contribution >= 4 is 11.6 Å². The van der Waals surface area contributed by atoms with E-state index in [1.165, 1.54) is 12.8 Å². The Labute approximate surface area is 116 Å². The highest BCUT2D eigenvalue weighted by Crippen LogP contribution is 2.25. The van der Waals surface area contributed by atoms with E-state index in [2.05, 4.69) is 17.1 Å². The SMILES string of the molecule is CCN(CCNC(=O)c1cc(F)c(F)cc1N)C1CC1. The molecule has 0 unspecified atom stereocenters. The van der Waals surface area contributed by atoms with Gasteiger partial charge in [0.05, 0.1) is 5.56 Å². The molecular formula is C14H19F2N3O. The Bertz CT molecular complexity index is 503. The van der Waals surface area contributed by atoms with Crippen LogP contribution in [0.4, 0.5) is 14.5 Å². The molecule has 0 atom stereocenters. The summed E-state index contributed by atoms with van der Waals surface area (Å²) in [5, 5.41) is 2.68. The van der Waals surface area contributed by atoms with Crippen LogP contribution in [0.1, 0.15) is 30.1 Å². The quantitative estimate of drug-likeness (QED) is 0.782. The third-order valence-electron chi connectivity index (χ3n) is 3.49. The topological polar surface area (TPSA) is 58.4 Å². The number of amides is 1. The van der Waals surface area contributed by atoms with Crippen molar-refractivity contribution in [2.24, 2.45) is 0 Å². The molecule has 1 aliphatic carbocycles. The number of nitrogens with zero attached hydrogens (tertiary/aromatic N) is 1. The molecule has 0 radical (unpaired) electrons. The molecule has 1 aromatic carbocycles. The number of benzene rings is 1. The van der Waals surface area contributed by atoms with E-state index < -0.39 is 17.5 Å². The van der Waals surface area contributed by atoms with Crippen molar-refractivity contribution in [3.8, 4) is 0 Å². The number of halogens is 2. The fraction of sp³-hybridized carbons (Fsp3) is 0.500. The molecule has 4 nitrogen and oxygen atoms in total. The highest BCUT2D eigenvalue weighted by molar-refractivity contribution is 5.99. The average Bonchev–Trinajstić information content (AvgIpc) is 3.23. The molecule has 1 amide bonds. The molecule has 6 heteroatoms. The number of hydrogen-bond acceptors (Lipinski definition) is 3. The lowest BCUT2D eigenvalue weighted by atomic mass is 10.1. The fourth-order valence-electron chi connectivity index (χ4n) is 2.21. The van der Waals surface area contributed by atoms with E-state index in [0.717, 1.165) is 25.2 Å². The third kappa shape index (κ3) is 3.45. The maximum Gasteiger partial charge on any atom is 0.253 e. The van der Waals surface area contributed by atoms with Crippen molar-refractivity contribution in [1.82, 2.24) is 10.2 Å². The molecule has 1 fully saturated rings. The van der Waals surface area contributed by atoms with Gasteiger partial charge in [0.2, 0.25) is 0 Å². The smallest absolute Gasteiger partial charge is 0.253 e. The Morgan fingerprint density at radius 2 is 2.05 bits per heavy atom. The van der Waals surface area contributed by atoms with Gasteiger partial charge in [-0.05, 0) is 25.5 Å². The summed E-state index contributed by atoms with van der Waals surface area (Å²) < 4.78 is 26.0. The number of carbonyl (C=O) groups excluding carboxylic acids is 1. The van der Waals surface area contributed by atoms with Gasteiger partial charge in [0, 0.05) is 30.9 Å². The normalized spacial score (nSPS) is 14.6. The number of carbonyl (C=O) groups is 1. The van der Waals surface area contributed by atoms with Crippen LogP contribution in [0.5, 0.6) is 0 Å². The van der Waals surface area contributed by atoms with Crippen LogP contribution in [0.2, 0.25) is 0 Å². The van der Waals surface area contributed by atoms with Gasteiger partial charge in [-0.25, -0.2) is 8.78 Å². The number of anilines is 1. The van der Waals surface area contributed by atoms with Gasteiger partial charge in [0.25, 0.3) is 5.91 Å². The molecule has 1 saturated carbocycles. The molecular weight excluding hydrogens is 264 g/mol. The van der Waals surface area contributed by atoms with Crippen molar-refractivity contribution in [2.75, 3.05) is 25.4 Å². The van der Waals surface area contributed by atoms with Crippen LogP contribution in [0.25, 0.3) is 0 Å². The Balaban J connectivity index is 1.90. The maximum atomic E-state index is 13.1. The summed E-state index contributed by atoms with van der Waals surface area (Å²) in [5.74, 6) is -2.60. The van der Waals surface area contributed by atoms with Crippen molar-refractivity contribution in [1.29, 1.82) is 0 Å². The monoisotopic (exact) mass is 283 g/mol. The summed E-state index contributed by atoms with van der Waals surface area (Å²) in [5.41, 5.74) is 5.44.